The van der Waals surface area contributed by atoms with Crippen LogP contribution in [-0.4, -0.2) is 37.9 Å². The molecule has 0 aliphatic heterocycles. The minimum atomic E-state index is -2.88. The van der Waals surface area contributed by atoms with E-state index >= 15 is 0 Å². The van der Waals surface area contributed by atoms with Gasteiger partial charge in [0.1, 0.15) is 11.5 Å². The van der Waals surface area contributed by atoms with E-state index < -0.39 is 32.8 Å². The summed E-state index contributed by atoms with van der Waals surface area (Å²) in [5.41, 5.74) is 1.53. The average Bonchev–Trinajstić information content (AvgIpc) is 2.75. The van der Waals surface area contributed by atoms with Crippen molar-refractivity contribution < 1.29 is 37.8 Å². The Bertz CT molecular complexity index is 955. The summed E-state index contributed by atoms with van der Waals surface area (Å²) in [6.45, 7) is -11.2. The molecule has 0 atom stereocenters. The van der Waals surface area contributed by atoms with Gasteiger partial charge in [-0.15, -0.1) is 0 Å². The van der Waals surface area contributed by atoms with Gasteiger partial charge in [-0.25, -0.2) is 0 Å². The zero-order valence-corrected chi connectivity index (χ0v) is 14.3. The van der Waals surface area contributed by atoms with Crippen molar-refractivity contribution in [2.45, 2.75) is 26.5 Å². The molecule has 0 unspecified atom stereocenters. The van der Waals surface area contributed by atoms with Gasteiger partial charge >= 0.3 is 5.97 Å². The summed E-state index contributed by atoms with van der Waals surface area (Å²) in [5.74, 6) is -0.172. The Hall–Kier alpha value is -2.53. The Morgan fingerprint density at radius 1 is 0.962 bits per heavy atom. The van der Waals surface area contributed by atoms with Gasteiger partial charge in [0.2, 0.25) is 0 Å². The average molecular weight is 371 g/mol. The smallest absolute Gasteiger partial charge is 0.309 e. The first-order valence-electron chi connectivity index (χ1n) is 12.7. The molecular weight excluding hydrogens is 332 g/mol. The SMILES string of the molecule is [2H]C([2H])([2H])C([2H])([2H])Oc1ccc(CC(=O)OC)cc1.[2H]C([2H])([2H])C([2H])([2H])Oc1ccc(CCO)cc1. The molecule has 2 rings (SSSR count). The van der Waals surface area contributed by atoms with E-state index in [0.717, 1.165) is 5.56 Å². The molecule has 0 amide bonds. The van der Waals surface area contributed by atoms with Crippen LogP contribution in [0.3, 0.4) is 0 Å². The number of ether oxygens (including phenoxy) is 3. The van der Waals surface area contributed by atoms with Gasteiger partial charge in [-0.3, -0.25) is 4.79 Å². The quantitative estimate of drug-likeness (QED) is 0.721. The molecule has 0 heterocycles. The van der Waals surface area contributed by atoms with Crippen molar-refractivity contribution in [1.82, 2.24) is 0 Å². The second-order valence-corrected chi connectivity index (χ2v) is 4.92. The van der Waals surface area contributed by atoms with E-state index in [2.05, 4.69) is 4.74 Å². The molecule has 5 heteroatoms. The molecule has 26 heavy (non-hydrogen) atoms. The van der Waals surface area contributed by atoms with Crippen LogP contribution in [0.2, 0.25) is 0 Å². The third kappa shape index (κ3) is 8.53. The van der Waals surface area contributed by atoms with E-state index in [4.69, 9.17) is 28.3 Å². The summed E-state index contributed by atoms with van der Waals surface area (Å²) in [6, 6.07) is 12.2. The Morgan fingerprint density at radius 3 is 1.88 bits per heavy atom. The van der Waals surface area contributed by atoms with Gasteiger partial charge in [-0.05, 0) is 55.5 Å². The maximum atomic E-state index is 11.0. The molecule has 0 fully saturated rings. The zero-order valence-electron chi connectivity index (χ0n) is 24.3. The van der Waals surface area contributed by atoms with Crippen molar-refractivity contribution in [3.05, 3.63) is 59.7 Å². The van der Waals surface area contributed by atoms with Crippen LogP contribution in [0.15, 0.2) is 48.5 Å². The topological polar surface area (TPSA) is 65.0 Å². The first kappa shape index (κ1) is 10.6. The Balaban J connectivity index is 0.000000362. The fourth-order valence-corrected chi connectivity index (χ4v) is 1.89. The molecule has 0 bridgehead atoms. The molecule has 0 aliphatic carbocycles. The summed E-state index contributed by atoms with van der Waals surface area (Å²) in [4.78, 5) is 11.0. The van der Waals surface area contributed by atoms with Gasteiger partial charge in [-0.2, -0.15) is 0 Å². The van der Waals surface area contributed by atoms with Gasteiger partial charge in [-0.1, -0.05) is 24.3 Å². The molecule has 2 aromatic rings. The van der Waals surface area contributed by atoms with E-state index in [9.17, 15) is 4.79 Å². The monoisotopic (exact) mass is 370 g/mol. The highest BCUT2D eigenvalue weighted by Gasteiger charge is 2.02. The van der Waals surface area contributed by atoms with Crippen molar-refractivity contribution in [2.75, 3.05) is 26.8 Å². The molecule has 0 aliphatic rings. The van der Waals surface area contributed by atoms with Crippen LogP contribution in [-0.2, 0) is 22.4 Å². The summed E-state index contributed by atoms with van der Waals surface area (Å²) in [5, 5.41) is 8.72. The lowest BCUT2D eigenvalue weighted by atomic mass is 10.1. The minimum Gasteiger partial charge on any atom is -0.494 e. The number of hydrogen-bond acceptors (Lipinski definition) is 5. The fourth-order valence-electron chi connectivity index (χ4n) is 1.89. The second kappa shape index (κ2) is 12.8. The summed E-state index contributed by atoms with van der Waals surface area (Å²) < 4.78 is 85.4. The first-order valence-corrected chi connectivity index (χ1v) is 7.65. The summed E-state index contributed by atoms with van der Waals surface area (Å²) >= 11 is 0. The van der Waals surface area contributed by atoms with Crippen molar-refractivity contribution in [2.24, 2.45) is 0 Å². The predicted molar refractivity (Wildman–Crippen MR) is 102 cm³/mol. The van der Waals surface area contributed by atoms with E-state index in [1.54, 1.807) is 24.3 Å². The van der Waals surface area contributed by atoms with Crippen molar-refractivity contribution in [3.8, 4) is 11.5 Å². The van der Waals surface area contributed by atoms with Crippen LogP contribution < -0.4 is 9.47 Å². The van der Waals surface area contributed by atoms with Crippen LogP contribution in [0.25, 0.3) is 0 Å². The van der Waals surface area contributed by atoms with E-state index in [1.807, 2.05) is 0 Å². The molecule has 5 nitrogen and oxygen atoms in total. The standard InChI is InChI=1S/C11H14O3.C10H14O2/c1-3-14-10-6-4-9(5-7-10)8-11(12)13-2;1-2-12-10-5-3-9(4-6-10)7-8-11/h4-7H,3,8H2,1-2H3;3-6,11H,2,7-8H2,1H3/i1D3,3D2;1D3,2D2. The number of aliphatic hydroxyl groups excluding tert-OH is 1. The largest absolute Gasteiger partial charge is 0.494 e. The van der Waals surface area contributed by atoms with Crippen LogP contribution in [0.1, 0.15) is 38.5 Å². The van der Waals surface area contributed by atoms with Crippen LogP contribution >= 0.6 is 0 Å². The molecule has 2 aromatic carbocycles. The third-order valence-corrected chi connectivity index (χ3v) is 3.16. The van der Waals surface area contributed by atoms with E-state index in [1.165, 1.54) is 31.4 Å². The maximum absolute atomic E-state index is 11.0. The molecule has 0 aromatic heterocycles. The Morgan fingerprint density at radius 2 is 1.46 bits per heavy atom. The normalized spacial score (nSPS) is 17.5. The molecule has 0 radical (unpaired) electrons. The lowest BCUT2D eigenvalue weighted by Gasteiger charge is -2.03. The molecule has 0 saturated carbocycles. The van der Waals surface area contributed by atoms with Gasteiger partial charge in [0.25, 0.3) is 0 Å². The first-order chi connectivity index (χ1) is 16.4. The lowest BCUT2D eigenvalue weighted by molar-refractivity contribution is -0.139. The predicted octanol–water partition coefficient (Wildman–Crippen LogP) is 3.42. The molecule has 0 spiro atoms. The second-order valence-electron chi connectivity index (χ2n) is 4.92. The van der Waals surface area contributed by atoms with Crippen LogP contribution in [0, 0.1) is 0 Å². The highest BCUT2D eigenvalue weighted by atomic mass is 16.5. The van der Waals surface area contributed by atoms with Gasteiger partial charge < -0.3 is 19.3 Å². The van der Waals surface area contributed by atoms with Gasteiger partial charge in [0.05, 0.1) is 32.1 Å². The number of hydrogen-bond donors (Lipinski definition) is 1. The van der Waals surface area contributed by atoms with Gasteiger partial charge in [0, 0.05) is 14.8 Å². The molecule has 1 N–H and O–H groups in total. The number of aliphatic hydroxyl groups is 1. The maximum Gasteiger partial charge on any atom is 0.309 e. The highest BCUT2D eigenvalue weighted by molar-refractivity contribution is 5.72. The Labute approximate surface area is 169 Å². The number of esters is 1. The van der Waals surface area contributed by atoms with Crippen LogP contribution in [0.4, 0.5) is 0 Å². The van der Waals surface area contributed by atoms with E-state index in [0.29, 0.717) is 12.0 Å². The number of carbonyl (C=O) groups excluding carboxylic acids is 1. The summed E-state index contributed by atoms with van der Waals surface area (Å²) in [7, 11) is 1.28. The zero-order chi connectivity index (χ0) is 27.8. The van der Waals surface area contributed by atoms with Gasteiger partial charge in [0.15, 0.2) is 0 Å². The van der Waals surface area contributed by atoms with Crippen molar-refractivity contribution in [3.63, 3.8) is 0 Å². The minimum absolute atomic E-state index is 0.0241. The Kier molecular flexibility index (Phi) is 5.20. The number of methoxy groups -OCH3 is 1. The highest BCUT2D eigenvalue weighted by Crippen LogP contribution is 2.13. The van der Waals surface area contributed by atoms with E-state index in [-0.39, 0.29) is 24.5 Å². The van der Waals surface area contributed by atoms with Crippen molar-refractivity contribution in [1.29, 1.82) is 0 Å². The summed E-state index contributed by atoms with van der Waals surface area (Å²) in [6.07, 6.45) is 0.579. The molecule has 142 valence electrons. The number of carbonyl (C=O) groups is 1. The third-order valence-electron chi connectivity index (χ3n) is 3.16. The number of benzene rings is 2. The number of rotatable bonds is 8. The van der Waals surface area contributed by atoms with Crippen molar-refractivity contribution >= 4 is 5.97 Å². The molecular formula is C21H28O5. The molecule has 0 saturated heterocycles. The lowest BCUT2D eigenvalue weighted by Crippen LogP contribution is -2.04. The fraction of sp³-hybridized carbons (Fsp3) is 0.381. The van der Waals surface area contributed by atoms with Crippen LogP contribution in [0.5, 0.6) is 11.5 Å².